The molecule has 1 rings (SSSR count). The third-order valence-electron chi connectivity index (χ3n) is 2.37. The van der Waals surface area contributed by atoms with Crippen LogP contribution in [0.1, 0.15) is 41.5 Å². The molecule has 0 N–H and O–H groups in total. The maximum absolute atomic E-state index is 11.9. The summed E-state index contributed by atoms with van der Waals surface area (Å²) in [5.41, 5.74) is 0.630. The molecule has 1 atom stereocenters. The molecule has 0 aliphatic heterocycles. The molecule has 0 saturated carbocycles. The van der Waals surface area contributed by atoms with Gasteiger partial charge >= 0.3 is 5.97 Å². The largest absolute Gasteiger partial charge is 0.494 e. The molecule has 0 bridgehead atoms. The first-order valence-electron chi connectivity index (χ1n) is 6.12. The minimum Gasteiger partial charge on any atom is -0.494 e. The third kappa shape index (κ3) is 4.24. The van der Waals surface area contributed by atoms with Gasteiger partial charge in [-0.25, -0.2) is 4.79 Å². The molecule has 19 heavy (non-hydrogen) atoms. The molecule has 0 aliphatic rings. The number of hydrogen-bond acceptors (Lipinski definition) is 4. The van der Waals surface area contributed by atoms with Gasteiger partial charge in [0.1, 0.15) is 5.75 Å². The van der Waals surface area contributed by atoms with Crippen molar-refractivity contribution in [3.05, 3.63) is 29.3 Å². The molecule has 4 nitrogen and oxygen atoms in total. The highest BCUT2D eigenvalue weighted by Crippen LogP contribution is 2.20. The van der Waals surface area contributed by atoms with E-state index in [0.29, 0.717) is 17.9 Å². The second-order valence-corrected chi connectivity index (χ2v) is 4.53. The van der Waals surface area contributed by atoms with Crippen molar-refractivity contribution in [1.29, 1.82) is 0 Å². The van der Waals surface area contributed by atoms with Crippen LogP contribution in [0.2, 0.25) is 0 Å². The third-order valence-corrected chi connectivity index (χ3v) is 2.57. The lowest BCUT2D eigenvalue weighted by Gasteiger charge is -2.10. The molecule has 0 amide bonds. The Morgan fingerprint density at radius 2 is 1.79 bits per heavy atom. The number of esters is 1. The zero-order valence-corrected chi connectivity index (χ0v) is 12.0. The Morgan fingerprint density at radius 3 is 2.32 bits per heavy atom. The lowest BCUT2D eigenvalue weighted by molar-refractivity contribution is 0.0526. The molecule has 0 aliphatic carbocycles. The zero-order chi connectivity index (χ0) is 14.4. The average Bonchev–Trinajstić information content (AvgIpc) is 2.38. The van der Waals surface area contributed by atoms with E-state index in [1.165, 1.54) is 6.07 Å². The van der Waals surface area contributed by atoms with E-state index in [-0.39, 0.29) is 18.0 Å². The topological polar surface area (TPSA) is 52.6 Å². The number of halogens is 1. The van der Waals surface area contributed by atoms with Gasteiger partial charge in [0.25, 0.3) is 0 Å². The number of alkyl halides is 1. The van der Waals surface area contributed by atoms with Gasteiger partial charge in [-0.05, 0) is 39.0 Å². The minimum atomic E-state index is -0.660. The quantitative estimate of drug-likeness (QED) is 0.458. The van der Waals surface area contributed by atoms with Crippen molar-refractivity contribution < 1.29 is 19.1 Å². The van der Waals surface area contributed by atoms with E-state index in [1.54, 1.807) is 26.0 Å². The highest BCUT2D eigenvalue weighted by molar-refractivity contribution is 6.33. The van der Waals surface area contributed by atoms with Crippen LogP contribution in [-0.2, 0) is 4.74 Å². The summed E-state index contributed by atoms with van der Waals surface area (Å²) in [6.07, 6.45) is 0. The van der Waals surface area contributed by atoms with Crippen molar-refractivity contribution >= 4 is 23.4 Å². The number of rotatable bonds is 6. The van der Waals surface area contributed by atoms with E-state index in [9.17, 15) is 9.59 Å². The van der Waals surface area contributed by atoms with Crippen LogP contribution in [0.15, 0.2) is 18.2 Å². The average molecular weight is 285 g/mol. The molecule has 0 spiro atoms. The summed E-state index contributed by atoms with van der Waals surface area (Å²) in [5, 5.41) is -0.660. The Kier molecular flexibility index (Phi) is 5.83. The van der Waals surface area contributed by atoms with Crippen LogP contribution in [-0.4, -0.2) is 30.3 Å². The monoisotopic (exact) mass is 284 g/mol. The van der Waals surface area contributed by atoms with Crippen molar-refractivity contribution in [1.82, 2.24) is 0 Å². The summed E-state index contributed by atoms with van der Waals surface area (Å²) < 4.78 is 10.3. The smallest absolute Gasteiger partial charge is 0.338 e. The standard InChI is InChI=1S/C14H17ClO4/c1-4-18-12-7-10(13(16)9(3)15)6-11(8-12)14(17)19-5-2/h6-9H,4-5H2,1-3H3. The summed E-state index contributed by atoms with van der Waals surface area (Å²) >= 11 is 5.78. The Labute approximate surface area is 117 Å². The Bertz CT molecular complexity index is 469. The number of ketones is 1. The normalized spacial score (nSPS) is 11.8. The van der Waals surface area contributed by atoms with Crippen LogP contribution in [0.4, 0.5) is 0 Å². The van der Waals surface area contributed by atoms with Crippen molar-refractivity contribution in [2.24, 2.45) is 0 Å². The summed E-state index contributed by atoms with van der Waals surface area (Å²) in [4.78, 5) is 23.6. The number of ether oxygens (including phenoxy) is 2. The van der Waals surface area contributed by atoms with E-state index in [0.717, 1.165) is 0 Å². The number of carbonyl (C=O) groups is 2. The van der Waals surface area contributed by atoms with Crippen LogP contribution < -0.4 is 4.74 Å². The molecule has 0 aromatic heterocycles. The van der Waals surface area contributed by atoms with Gasteiger partial charge in [0.2, 0.25) is 0 Å². The van der Waals surface area contributed by atoms with Crippen LogP contribution >= 0.6 is 11.6 Å². The van der Waals surface area contributed by atoms with Gasteiger partial charge in [-0.3, -0.25) is 4.79 Å². The van der Waals surface area contributed by atoms with E-state index in [2.05, 4.69) is 0 Å². The van der Waals surface area contributed by atoms with E-state index < -0.39 is 11.3 Å². The summed E-state index contributed by atoms with van der Waals surface area (Å²) in [5.74, 6) is -0.289. The molecule has 0 radical (unpaired) electrons. The number of Topliss-reactive ketones (excluding diaryl/α,β-unsaturated/α-hetero) is 1. The van der Waals surface area contributed by atoms with E-state index in [4.69, 9.17) is 21.1 Å². The van der Waals surface area contributed by atoms with E-state index >= 15 is 0 Å². The summed E-state index contributed by atoms with van der Waals surface area (Å²) in [6, 6.07) is 4.60. The van der Waals surface area contributed by atoms with Crippen molar-refractivity contribution in [2.45, 2.75) is 26.1 Å². The van der Waals surface area contributed by atoms with Crippen molar-refractivity contribution in [3.63, 3.8) is 0 Å². The lowest BCUT2D eigenvalue weighted by Crippen LogP contribution is -2.13. The Hall–Kier alpha value is -1.55. The fraction of sp³-hybridized carbons (Fsp3) is 0.429. The summed E-state index contributed by atoms with van der Waals surface area (Å²) in [6.45, 7) is 5.84. The Morgan fingerprint density at radius 1 is 1.16 bits per heavy atom. The van der Waals surface area contributed by atoms with Gasteiger partial charge in [0.15, 0.2) is 5.78 Å². The van der Waals surface area contributed by atoms with Gasteiger partial charge in [-0.15, -0.1) is 11.6 Å². The minimum absolute atomic E-state index is 0.256. The molecular formula is C14H17ClO4. The first kappa shape index (κ1) is 15.5. The predicted molar refractivity (Wildman–Crippen MR) is 73.2 cm³/mol. The predicted octanol–water partition coefficient (Wildman–Crippen LogP) is 3.07. The van der Waals surface area contributed by atoms with Crippen LogP contribution in [0.5, 0.6) is 5.75 Å². The molecule has 1 aromatic carbocycles. The fourth-order valence-corrected chi connectivity index (χ4v) is 1.68. The van der Waals surface area contributed by atoms with Gasteiger partial charge in [0, 0.05) is 5.56 Å². The van der Waals surface area contributed by atoms with Crippen LogP contribution in [0.3, 0.4) is 0 Å². The number of carbonyl (C=O) groups excluding carboxylic acids is 2. The number of benzene rings is 1. The van der Waals surface area contributed by atoms with Gasteiger partial charge in [0.05, 0.1) is 24.2 Å². The SMILES string of the molecule is CCOC(=O)c1cc(OCC)cc(C(=O)C(C)Cl)c1. The van der Waals surface area contributed by atoms with E-state index in [1.807, 2.05) is 6.92 Å². The first-order chi connectivity index (χ1) is 8.99. The molecule has 0 fully saturated rings. The molecule has 5 heteroatoms. The molecular weight excluding hydrogens is 268 g/mol. The highest BCUT2D eigenvalue weighted by Gasteiger charge is 2.17. The van der Waals surface area contributed by atoms with Crippen LogP contribution in [0, 0.1) is 0 Å². The molecule has 1 aromatic rings. The second-order valence-electron chi connectivity index (χ2n) is 3.88. The molecule has 0 saturated heterocycles. The van der Waals surface area contributed by atoms with Crippen molar-refractivity contribution in [3.8, 4) is 5.75 Å². The van der Waals surface area contributed by atoms with Crippen molar-refractivity contribution in [2.75, 3.05) is 13.2 Å². The lowest BCUT2D eigenvalue weighted by atomic mass is 10.0. The first-order valence-corrected chi connectivity index (χ1v) is 6.56. The van der Waals surface area contributed by atoms with Gasteiger partial charge < -0.3 is 9.47 Å². The summed E-state index contributed by atoms with van der Waals surface area (Å²) in [7, 11) is 0. The maximum Gasteiger partial charge on any atom is 0.338 e. The molecule has 0 heterocycles. The van der Waals surface area contributed by atoms with Gasteiger partial charge in [-0.2, -0.15) is 0 Å². The highest BCUT2D eigenvalue weighted by atomic mass is 35.5. The fourth-order valence-electron chi connectivity index (χ4n) is 1.55. The maximum atomic E-state index is 11.9. The van der Waals surface area contributed by atoms with Gasteiger partial charge in [-0.1, -0.05) is 0 Å². The Balaban J connectivity index is 3.17. The number of hydrogen-bond donors (Lipinski definition) is 0. The molecule has 1 unspecified atom stereocenters. The molecule has 104 valence electrons. The second kappa shape index (κ2) is 7.14. The van der Waals surface area contributed by atoms with Crippen LogP contribution in [0.25, 0.3) is 0 Å². The zero-order valence-electron chi connectivity index (χ0n) is 11.2.